The van der Waals surface area contributed by atoms with Gasteiger partial charge in [-0.05, 0) is 36.4 Å². The number of hydrogen-bond acceptors (Lipinski definition) is 7. The number of aromatic amines is 1. The molecule has 0 aromatic carbocycles. The fourth-order valence-electron chi connectivity index (χ4n) is 3.66. The third-order valence-electron chi connectivity index (χ3n) is 5.11. The molecule has 4 heterocycles. The van der Waals surface area contributed by atoms with Gasteiger partial charge in [-0.1, -0.05) is 6.07 Å². The fourth-order valence-corrected chi connectivity index (χ4v) is 4.35. The molecule has 8 nitrogen and oxygen atoms in total. The zero-order chi connectivity index (χ0) is 20.9. The molecule has 0 bridgehead atoms. The molecule has 4 rings (SSSR count). The van der Waals surface area contributed by atoms with Gasteiger partial charge in [-0.2, -0.15) is 0 Å². The first-order valence-corrected chi connectivity index (χ1v) is 11.0. The lowest BCUT2D eigenvalue weighted by Crippen LogP contribution is -2.40. The average Bonchev–Trinajstić information content (AvgIpc) is 3.44. The van der Waals surface area contributed by atoms with Gasteiger partial charge in [0.15, 0.2) is 0 Å². The maximum atomic E-state index is 12.7. The largest absolute Gasteiger partial charge is 0.476 e. The molecular weight excluding hydrogens is 404 g/mol. The zero-order valence-electron chi connectivity index (χ0n) is 16.8. The van der Waals surface area contributed by atoms with Gasteiger partial charge in [-0.3, -0.25) is 9.59 Å². The Kier molecular flexibility index (Phi) is 6.27. The third kappa shape index (κ3) is 4.79. The Labute approximate surface area is 177 Å². The smallest absolute Gasteiger partial charge is 0.254 e. The standard InChI is InChI=1S/C21H24N4O4S/c1-2-28-19-11-15(29-24-19)7-8-20(27)25-9-3-5-14(13-25)21-22-16(12-18(26)23-21)17-6-4-10-30-17/h4,6,10-12,14H,2-3,5,7-9,13H2,1H3,(H,22,23,26). The van der Waals surface area contributed by atoms with Gasteiger partial charge < -0.3 is 19.1 Å². The summed E-state index contributed by atoms with van der Waals surface area (Å²) in [7, 11) is 0. The number of nitrogens with zero attached hydrogens (tertiary/aromatic N) is 3. The van der Waals surface area contributed by atoms with Crippen molar-refractivity contribution in [2.75, 3.05) is 19.7 Å². The summed E-state index contributed by atoms with van der Waals surface area (Å²) in [5.41, 5.74) is 0.518. The molecule has 1 unspecified atom stereocenters. The summed E-state index contributed by atoms with van der Waals surface area (Å²) in [5.74, 6) is 1.81. The third-order valence-corrected chi connectivity index (χ3v) is 6.00. The van der Waals surface area contributed by atoms with Crippen molar-refractivity contribution >= 4 is 17.2 Å². The van der Waals surface area contributed by atoms with E-state index in [-0.39, 0.29) is 17.4 Å². The Morgan fingerprint density at radius 3 is 3.13 bits per heavy atom. The first-order chi connectivity index (χ1) is 14.6. The van der Waals surface area contributed by atoms with Crippen LogP contribution in [0.25, 0.3) is 10.6 Å². The Bertz CT molecular complexity index is 1040. The van der Waals surface area contributed by atoms with E-state index in [2.05, 4.69) is 15.1 Å². The van der Waals surface area contributed by atoms with E-state index >= 15 is 0 Å². The lowest BCUT2D eigenvalue weighted by Gasteiger charge is -2.32. The van der Waals surface area contributed by atoms with Gasteiger partial charge >= 0.3 is 0 Å². The van der Waals surface area contributed by atoms with Crippen molar-refractivity contribution in [2.45, 2.75) is 38.5 Å². The second kappa shape index (κ2) is 9.25. The second-order valence-electron chi connectivity index (χ2n) is 7.24. The van der Waals surface area contributed by atoms with Crippen molar-refractivity contribution < 1.29 is 14.1 Å². The van der Waals surface area contributed by atoms with Gasteiger partial charge in [0.2, 0.25) is 5.91 Å². The summed E-state index contributed by atoms with van der Waals surface area (Å²) < 4.78 is 10.5. The number of likely N-dealkylation sites (tertiary alicyclic amines) is 1. The number of hydrogen-bond donors (Lipinski definition) is 1. The second-order valence-corrected chi connectivity index (χ2v) is 8.18. The predicted octanol–water partition coefficient (Wildman–Crippen LogP) is 3.22. The van der Waals surface area contributed by atoms with E-state index in [1.54, 1.807) is 17.4 Å². The molecule has 3 aromatic rings. The maximum absolute atomic E-state index is 12.7. The summed E-state index contributed by atoms with van der Waals surface area (Å²) in [6.45, 7) is 3.66. The van der Waals surface area contributed by atoms with Gasteiger partial charge in [0, 0.05) is 44.0 Å². The first kappa shape index (κ1) is 20.3. The van der Waals surface area contributed by atoms with Crippen LogP contribution < -0.4 is 10.3 Å². The van der Waals surface area contributed by atoms with Crippen LogP contribution in [0.4, 0.5) is 0 Å². The highest BCUT2D eigenvalue weighted by atomic mass is 32.1. The topological polar surface area (TPSA) is 101 Å². The normalized spacial score (nSPS) is 16.6. The molecule has 1 saturated heterocycles. The molecule has 158 valence electrons. The van der Waals surface area contributed by atoms with Crippen LogP contribution in [0.2, 0.25) is 0 Å². The molecule has 1 atom stereocenters. The van der Waals surface area contributed by atoms with Crippen LogP contribution in [-0.2, 0) is 11.2 Å². The van der Waals surface area contributed by atoms with Gasteiger partial charge in [0.05, 0.1) is 17.2 Å². The molecule has 0 spiro atoms. The Morgan fingerprint density at radius 1 is 1.43 bits per heavy atom. The summed E-state index contributed by atoms with van der Waals surface area (Å²) >= 11 is 1.55. The molecule has 30 heavy (non-hydrogen) atoms. The van der Waals surface area contributed by atoms with Gasteiger partial charge in [0.25, 0.3) is 11.4 Å². The van der Waals surface area contributed by atoms with Crippen LogP contribution >= 0.6 is 11.3 Å². The van der Waals surface area contributed by atoms with Gasteiger partial charge in [0.1, 0.15) is 11.6 Å². The average molecular weight is 429 g/mol. The molecule has 0 saturated carbocycles. The number of rotatable bonds is 7. The number of piperidine rings is 1. The number of carbonyl (C=O) groups excluding carboxylic acids is 1. The van der Waals surface area contributed by atoms with E-state index in [0.717, 1.165) is 17.7 Å². The van der Waals surface area contributed by atoms with E-state index in [0.29, 0.717) is 55.7 Å². The molecule has 1 N–H and O–H groups in total. The summed E-state index contributed by atoms with van der Waals surface area (Å²) in [5, 5.41) is 5.79. The van der Waals surface area contributed by atoms with Gasteiger partial charge in [-0.25, -0.2) is 4.98 Å². The molecular formula is C21H24N4O4S. The quantitative estimate of drug-likeness (QED) is 0.620. The Morgan fingerprint density at radius 2 is 2.33 bits per heavy atom. The van der Waals surface area contributed by atoms with Crippen molar-refractivity contribution in [3.63, 3.8) is 0 Å². The van der Waals surface area contributed by atoms with E-state index in [1.165, 1.54) is 6.07 Å². The highest BCUT2D eigenvalue weighted by Gasteiger charge is 2.26. The minimum Gasteiger partial charge on any atom is -0.476 e. The monoisotopic (exact) mass is 428 g/mol. The lowest BCUT2D eigenvalue weighted by molar-refractivity contribution is -0.132. The first-order valence-electron chi connectivity index (χ1n) is 10.1. The SMILES string of the molecule is CCOc1cc(CCC(=O)N2CCCC(c3nc(-c4cccs4)cc(=O)[nH]3)C2)on1. The highest BCUT2D eigenvalue weighted by molar-refractivity contribution is 7.13. The number of carbonyl (C=O) groups is 1. The Balaban J connectivity index is 1.40. The summed E-state index contributed by atoms with van der Waals surface area (Å²) in [6, 6.07) is 7.14. The van der Waals surface area contributed by atoms with E-state index in [4.69, 9.17) is 9.26 Å². The van der Waals surface area contributed by atoms with Crippen LogP contribution in [0.3, 0.4) is 0 Å². The lowest BCUT2D eigenvalue weighted by atomic mass is 9.96. The maximum Gasteiger partial charge on any atom is 0.254 e. The fraction of sp³-hybridized carbons (Fsp3) is 0.429. The predicted molar refractivity (Wildman–Crippen MR) is 113 cm³/mol. The molecule has 1 amide bonds. The number of H-pyrrole nitrogens is 1. The van der Waals surface area contributed by atoms with E-state index in [9.17, 15) is 9.59 Å². The molecule has 0 aliphatic carbocycles. The van der Waals surface area contributed by atoms with Crippen molar-refractivity contribution in [1.29, 1.82) is 0 Å². The van der Waals surface area contributed by atoms with E-state index in [1.807, 2.05) is 29.3 Å². The Hall–Kier alpha value is -2.94. The van der Waals surface area contributed by atoms with Gasteiger partial charge in [-0.15, -0.1) is 11.3 Å². The molecule has 9 heteroatoms. The number of amides is 1. The van der Waals surface area contributed by atoms with Crippen molar-refractivity contribution in [3.8, 4) is 16.5 Å². The highest BCUT2D eigenvalue weighted by Crippen LogP contribution is 2.27. The summed E-state index contributed by atoms with van der Waals surface area (Å²) in [4.78, 5) is 35.3. The van der Waals surface area contributed by atoms with Crippen molar-refractivity contribution in [1.82, 2.24) is 20.0 Å². The number of thiophene rings is 1. The number of nitrogens with one attached hydrogen (secondary N) is 1. The van der Waals surface area contributed by atoms with E-state index < -0.39 is 0 Å². The van der Waals surface area contributed by atoms with Crippen molar-refractivity contribution in [2.24, 2.45) is 0 Å². The van der Waals surface area contributed by atoms with Crippen molar-refractivity contribution in [3.05, 3.63) is 51.6 Å². The molecule has 1 aliphatic heterocycles. The molecule has 1 aliphatic rings. The number of aromatic nitrogens is 3. The molecule has 3 aromatic heterocycles. The van der Waals surface area contributed by atoms with Crippen LogP contribution in [0.5, 0.6) is 5.88 Å². The molecule has 0 radical (unpaired) electrons. The number of ether oxygens (including phenoxy) is 1. The summed E-state index contributed by atoms with van der Waals surface area (Å²) in [6.07, 6.45) is 2.58. The minimum absolute atomic E-state index is 0.0187. The van der Waals surface area contributed by atoms with Crippen LogP contribution in [0, 0.1) is 0 Å². The van der Waals surface area contributed by atoms with Crippen LogP contribution in [0.1, 0.15) is 43.7 Å². The minimum atomic E-state index is -0.165. The number of aryl methyl sites for hydroxylation is 1. The van der Waals surface area contributed by atoms with Crippen LogP contribution in [-0.4, -0.2) is 45.6 Å². The van der Waals surface area contributed by atoms with Crippen LogP contribution in [0.15, 0.2) is 39.0 Å². The zero-order valence-corrected chi connectivity index (χ0v) is 17.6. The molecule has 1 fully saturated rings.